The van der Waals surface area contributed by atoms with E-state index in [1.165, 1.54) is 13.2 Å². The van der Waals surface area contributed by atoms with Crippen LogP contribution in [0.15, 0.2) is 42.9 Å². The van der Waals surface area contributed by atoms with Crippen LogP contribution in [-0.2, 0) is 30.9 Å². The van der Waals surface area contributed by atoms with Crippen molar-refractivity contribution >= 4 is 11.9 Å². The van der Waals surface area contributed by atoms with E-state index in [-0.39, 0.29) is 35.6 Å². The third-order valence-electron chi connectivity index (χ3n) is 9.27. The summed E-state index contributed by atoms with van der Waals surface area (Å²) >= 11 is 0. The zero-order valence-electron chi connectivity index (χ0n) is 28.4. The summed E-state index contributed by atoms with van der Waals surface area (Å²) in [7, 11) is 3.19. The van der Waals surface area contributed by atoms with Gasteiger partial charge in [-0.3, -0.25) is 4.68 Å². The molecule has 2 atom stereocenters. The molecule has 3 aromatic heterocycles. The zero-order chi connectivity index (χ0) is 35.0. The second kappa shape index (κ2) is 13.7. The number of ether oxygens (including phenoxy) is 2. The van der Waals surface area contributed by atoms with Gasteiger partial charge in [0.05, 0.1) is 25.4 Å². The van der Waals surface area contributed by atoms with Gasteiger partial charge in [0.25, 0.3) is 0 Å². The molecule has 6 rings (SSSR count). The van der Waals surface area contributed by atoms with Crippen molar-refractivity contribution in [3.05, 3.63) is 76.8 Å². The number of fused-ring (bicyclic) bond motifs is 1. The fourth-order valence-electron chi connectivity index (χ4n) is 6.45. The van der Waals surface area contributed by atoms with E-state index in [0.717, 1.165) is 40.4 Å². The molecule has 0 radical (unpaired) electrons. The lowest BCUT2D eigenvalue weighted by molar-refractivity contribution is -0.141. The minimum absolute atomic E-state index is 0.0112. The number of halogens is 3. The van der Waals surface area contributed by atoms with Gasteiger partial charge in [-0.2, -0.15) is 18.3 Å². The number of pyridine rings is 1. The third-order valence-corrected chi connectivity index (χ3v) is 9.27. The number of carbonyl (C=O) groups excluding carboxylic acids is 1. The van der Waals surface area contributed by atoms with Crippen LogP contribution >= 0.6 is 0 Å². The van der Waals surface area contributed by atoms with Crippen molar-refractivity contribution in [1.29, 1.82) is 0 Å². The second-order valence-corrected chi connectivity index (χ2v) is 13.1. The predicted octanol–water partition coefficient (Wildman–Crippen LogP) is 5.70. The Labute approximate surface area is 283 Å². The van der Waals surface area contributed by atoms with Gasteiger partial charge in [0.2, 0.25) is 0 Å². The molecule has 0 unspecified atom stereocenters. The first kappa shape index (κ1) is 34.3. The van der Waals surface area contributed by atoms with E-state index in [2.05, 4.69) is 15.0 Å². The molecule has 49 heavy (non-hydrogen) atoms. The van der Waals surface area contributed by atoms with E-state index >= 15 is 0 Å². The normalized spacial score (nSPS) is 17.8. The van der Waals surface area contributed by atoms with E-state index < -0.39 is 23.9 Å². The Morgan fingerprint density at radius 1 is 1.16 bits per heavy atom. The van der Waals surface area contributed by atoms with Crippen molar-refractivity contribution in [1.82, 2.24) is 29.2 Å². The van der Waals surface area contributed by atoms with Gasteiger partial charge >= 0.3 is 12.3 Å². The first-order valence-corrected chi connectivity index (χ1v) is 16.5. The number of anilines is 1. The fraction of sp³-hybridized carbons (Fsp3) is 0.486. The summed E-state index contributed by atoms with van der Waals surface area (Å²) in [5.74, 6) is 1.34. The first-order chi connectivity index (χ1) is 23.3. The van der Waals surface area contributed by atoms with Crippen LogP contribution < -0.4 is 9.64 Å². The average molecular weight is 682 g/mol. The molecule has 1 aromatic carbocycles. The summed E-state index contributed by atoms with van der Waals surface area (Å²) in [5.41, 5.74) is 1.98. The molecule has 2 aliphatic heterocycles. The molecule has 1 amide bonds. The fourth-order valence-corrected chi connectivity index (χ4v) is 6.45. The number of alkyl halides is 3. The molecule has 0 aliphatic carbocycles. The van der Waals surface area contributed by atoms with Crippen LogP contribution in [0, 0.1) is 19.8 Å². The summed E-state index contributed by atoms with van der Waals surface area (Å²) in [5, 5.41) is 15.5. The summed E-state index contributed by atoms with van der Waals surface area (Å²) in [6.45, 7) is 7.95. The van der Waals surface area contributed by atoms with Gasteiger partial charge in [0, 0.05) is 80.6 Å². The average Bonchev–Trinajstić information content (AvgIpc) is 3.62. The Kier molecular flexibility index (Phi) is 9.61. The Morgan fingerprint density at radius 2 is 1.94 bits per heavy atom. The molecule has 5 heterocycles. The van der Waals surface area contributed by atoms with Crippen molar-refractivity contribution in [2.75, 3.05) is 38.3 Å². The maximum absolute atomic E-state index is 14.1. The molecule has 0 spiro atoms. The number of likely N-dealkylation sites (N-methyl/N-ethyl adjacent to an activating group) is 1. The van der Waals surface area contributed by atoms with E-state index in [4.69, 9.17) is 14.5 Å². The number of aliphatic hydroxyl groups excluding tert-OH is 1. The number of hydrogen-bond donors (Lipinski definition) is 1. The van der Waals surface area contributed by atoms with Gasteiger partial charge in [0.1, 0.15) is 17.4 Å². The minimum atomic E-state index is -4.69. The number of aryl methyl sites for hydroxylation is 3. The van der Waals surface area contributed by atoms with Gasteiger partial charge in [-0.1, -0.05) is 13.3 Å². The number of carbonyl (C=O) groups is 1. The first-order valence-electron chi connectivity index (χ1n) is 16.5. The largest absolute Gasteiger partial charge is 0.492 e. The highest BCUT2D eigenvalue weighted by molar-refractivity contribution is 5.75. The smallest absolute Gasteiger partial charge is 0.435 e. The summed E-state index contributed by atoms with van der Waals surface area (Å²) in [6, 6.07) is 7.45. The van der Waals surface area contributed by atoms with Crippen LogP contribution in [0.25, 0.3) is 11.1 Å². The molecule has 0 saturated carbocycles. The SMILES string of the molecule is CCCCOC(=O)N(C)C1CN(c2cc(C)cc(C[C@H]3COc4c(-c5cn(C)nc5C(F)(F)F)cc(Cn5ccnc5C)cc4[C@H]3O)n2)C1. The lowest BCUT2D eigenvalue weighted by Crippen LogP contribution is -2.60. The summed E-state index contributed by atoms with van der Waals surface area (Å²) in [6.07, 6.45) is 0.925. The second-order valence-electron chi connectivity index (χ2n) is 13.1. The Morgan fingerprint density at radius 3 is 2.63 bits per heavy atom. The maximum Gasteiger partial charge on any atom is 0.435 e. The third kappa shape index (κ3) is 7.24. The van der Waals surface area contributed by atoms with Crippen LogP contribution in [0.4, 0.5) is 23.8 Å². The predicted molar refractivity (Wildman–Crippen MR) is 176 cm³/mol. The molecule has 14 heteroatoms. The van der Waals surface area contributed by atoms with Crippen LogP contribution in [0.3, 0.4) is 0 Å². The number of unbranched alkanes of at least 4 members (excludes halogenated alkanes) is 1. The van der Waals surface area contributed by atoms with Crippen molar-refractivity contribution in [3.8, 4) is 16.9 Å². The van der Waals surface area contributed by atoms with E-state index in [1.807, 2.05) is 37.5 Å². The van der Waals surface area contributed by atoms with Crippen LogP contribution in [0.2, 0.25) is 0 Å². The van der Waals surface area contributed by atoms with Gasteiger partial charge < -0.3 is 28.9 Å². The molecule has 11 nitrogen and oxygen atoms in total. The van der Waals surface area contributed by atoms with Gasteiger partial charge in [0.15, 0.2) is 5.69 Å². The van der Waals surface area contributed by atoms with Gasteiger partial charge in [-0.25, -0.2) is 14.8 Å². The number of amides is 1. The standard InChI is InChI=1S/C35H42F3N7O4/c1-6-7-10-48-34(47)43(5)26-17-45(18-26)30-12-21(2)11-25(40-30)15-24-20-49-32-27(29-19-42(4)41-33(29)35(36,37)38)13-23(14-28(32)31(24)46)16-44-9-8-39-22(44)3/h8-9,11-14,19,24,26,31,46H,6-7,10,15-18,20H2,1-5H3/t24-,31-/m0/s1. The van der Waals surface area contributed by atoms with Crippen LogP contribution in [0.5, 0.6) is 5.75 Å². The lowest BCUT2D eigenvalue weighted by atomic mass is 9.86. The van der Waals surface area contributed by atoms with Crippen LogP contribution in [0.1, 0.15) is 59.8 Å². The summed E-state index contributed by atoms with van der Waals surface area (Å²) < 4.78 is 56.9. The van der Waals surface area contributed by atoms with Crippen molar-refractivity contribution < 1.29 is 32.5 Å². The lowest BCUT2D eigenvalue weighted by Gasteiger charge is -2.44. The zero-order valence-corrected chi connectivity index (χ0v) is 28.4. The number of aliphatic hydroxyl groups is 1. The molecule has 4 aromatic rings. The minimum Gasteiger partial charge on any atom is -0.492 e. The molecule has 2 aliphatic rings. The van der Waals surface area contributed by atoms with E-state index in [1.54, 1.807) is 36.5 Å². The number of rotatable bonds is 10. The van der Waals surface area contributed by atoms with E-state index in [9.17, 15) is 23.1 Å². The van der Waals surface area contributed by atoms with Crippen molar-refractivity contribution in [3.63, 3.8) is 0 Å². The number of imidazole rings is 1. The molecule has 1 fully saturated rings. The molecular formula is C35H42F3N7O4. The Hall–Kier alpha value is -4.59. The van der Waals surface area contributed by atoms with Crippen molar-refractivity contribution in [2.24, 2.45) is 13.0 Å². The molecule has 1 N–H and O–H groups in total. The van der Waals surface area contributed by atoms with Gasteiger partial charge in [-0.15, -0.1) is 0 Å². The highest BCUT2D eigenvalue weighted by Gasteiger charge is 2.40. The summed E-state index contributed by atoms with van der Waals surface area (Å²) in [4.78, 5) is 25.3. The number of aromatic nitrogens is 5. The molecule has 1 saturated heterocycles. The molecule has 262 valence electrons. The maximum atomic E-state index is 14.1. The van der Waals surface area contributed by atoms with Crippen molar-refractivity contribution in [2.45, 2.75) is 64.9 Å². The quantitative estimate of drug-likeness (QED) is 0.212. The molecule has 0 bridgehead atoms. The Bertz CT molecular complexity index is 1810. The number of nitrogens with zero attached hydrogens (tertiary/aromatic N) is 7. The highest BCUT2D eigenvalue weighted by atomic mass is 19.4. The molecular weight excluding hydrogens is 639 g/mol. The van der Waals surface area contributed by atoms with Gasteiger partial charge in [-0.05, 0) is 62.1 Å². The number of benzene rings is 1. The Balaban J connectivity index is 1.24. The van der Waals surface area contributed by atoms with E-state index in [0.29, 0.717) is 43.8 Å². The topological polar surface area (TPSA) is 111 Å². The number of hydrogen-bond acceptors (Lipinski definition) is 8. The monoisotopic (exact) mass is 681 g/mol. The highest BCUT2D eigenvalue weighted by Crippen LogP contribution is 2.47. The van der Waals surface area contributed by atoms with Crippen LogP contribution in [-0.4, -0.2) is 79.8 Å².